The molecule has 0 bridgehead atoms. The third kappa shape index (κ3) is 2.93. The highest BCUT2D eigenvalue weighted by atomic mass is 32.1. The Morgan fingerprint density at radius 2 is 1.92 bits per heavy atom. The van der Waals surface area contributed by atoms with Crippen molar-refractivity contribution in [2.45, 2.75) is 13.3 Å². The fourth-order valence-corrected chi connectivity index (χ4v) is 3.39. The molecule has 2 heterocycles. The quantitative estimate of drug-likeness (QED) is 0.667. The van der Waals surface area contributed by atoms with Crippen LogP contribution in [-0.4, -0.2) is 24.2 Å². The number of anilines is 1. The predicted molar refractivity (Wildman–Crippen MR) is 104 cm³/mol. The maximum absolute atomic E-state index is 12.9. The molecule has 0 atom stereocenters. The van der Waals surface area contributed by atoms with E-state index in [-0.39, 0.29) is 5.91 Å². The molecular formula is C20H18N2O3S. The number of nitrogens with one attached hydrogen (secondary N) is 1. The molecule has 132 valence electrons. The van der Waals surface area contributed by atoms with Crippen molar-refractivity contribution in [1.29, 1.82) is 0 Å². The number of nitrogens with zero attached hydrogens (tertiary/aromatic N) is 1. The lowest BCUT2D eigenvalue weighted by Gasteiger charge is -2.18. The van der Waals surface area contributed by atoms with Gasteiger partial charge in [0.15, 0.2) is 16.6 Å². The highest BCUT2D eigenvalue weighted by molar-refractivity contribution is 7.80. The SMILES string of the molecule is CCc1ccccc1N1C(=O)/C(=C\c2ccc3c(c2)OCCO3)NC1=S. The van der Waals surface area contributed by atoms with Gasteiger partial charge in [0.2, 0.25) is 0 Å². The van der Waals surface area contributed by atoms with E-state index in [9.17, 15) is 4.79 Å². The summed E-state index contributed by atoms with van der Waals surface area (Å²) in [7, 11) is 0. The molecular weight excluding hydrogens is 348 g/mol. The normalized spacial score (nSPS) is 17.6. The molecule has 1 fully saturated rings. The molecule has 26 heavy (non-hydrogen) atoms. The lowest BCUT2D eigenvalue weighted by Crippen LogP contribution is -2.31. The van der Waals surface area contributed by atoms with Crippen LogP contribution in [0.15, 0.2) is 48.2 Å². The molecule has 2 aromatic rings. The largest absolute Gasteiger partial charge is 0.486 e. The Morgan fingerprint density at radius 1 is 1.15 bits per heavy atom. The molecule has 0 saturated carbocycles. The first kappa shape index (κ1) is 16.6. The molecule has 0 radical (unpaired) electrons. The van der Waals surface area contributed by atoms with Gasteiger partial charge in [-0.1, -0.05) is 31.2 Å². The summed E-state index contributed by atoms with van der Waals surface area (Å²) in [6.45, 7) is 3.13. The first-order valence-electron chi connectivity index (χ1n) is 8.52. The number of aryl methyl sites for hydroxylation is 1. The molecule has 1 N–H and O–H groups in total. The Kier molecular flexibility index (Phi) is 4.34. The molecule has 5 nitrogen and oxygen atoms in total. The van der Waals surface area contributed by atoms with Gasteiger partial charge in [-0.15, -0.1) is 0 Å². The summed E-state index contributed by atoms with van der Waals surface area (Å²) in [5.74, 6) is 1.25. The smallest absolute Gasteiger partial charge is 0.281 e. The average Bonchev–Trinajstić information content (AvgIpc) is 2.94. The summed E-state index contributed by atoms with van der Waals surface area (Å²) in [6, 6.07) is 13.4. The molecule has 2 aromatic carbocycles. The molecule has 0 unspecified atom stereocenters. The van der Waals surface area contributed by atoms with Crippen LogP contribution < -0.4 is 19.7 Å². The first-order valence-corrected chi connectivity index (χ1v) is 8.93. The van der Waals surface area contributed by atoms with Gasteiger partial charge in [-0.05, 0) is 54.0 Å². The Labute approximate surface area is 157 Å². The van der Waals surface area contributed by atoms with Gasteiger partial charge in [0.05, 0.1) is 5.69 Å². The summed E-state index contributed by atoms with van der Waals surface area (Å²) in [4.78, 5) is 14.5. The minimum Gasteiger partial charge on any atom is -0.486 e. The minimum atomic E-state index is -0.161. The van der Waals surface area contributed by atoms with Gasteiger partial charge in [-0.2, -0.15) is 0 Å². The van der Waals surface area contributed by atoms with E-state index in [0.29, 0.717) is 29.8 Å². The van der Waals surface area contributed by atoms with Crippen LogP contribution in [0.1, 0.15) is 18.1 Å². The van der Waals surface area contributed by atoms with Gasteiger partial charge in [0.25, 0.3) is 5.91 Å². The van der Waals surface area contributed by atoms with E-state index in [1.54, 1.807) is 11.0 Å². The zero-order valence-electron chi connectivity index (χ0n) is 14.3. The second-order valence-corrected chi connectivity index (χ2v) is 6.40. The maximum atomic E-state index is 12.9. The topological polar surface area (TPSA) is 50.8 Å². The molecule has 2 aliphatic heterocycles. The van der Waals surface area contributed by atoms with Crippen LogP contribution in [0.4, 0.5) is 5.69 Å². The molecule has 2 aliphatic rings. The van der Waals surface area contributed by atoms with Crippen LogP contribution in [-0.2, 0) is 11.2 Å². The standard InChI is InChI=1S/C20H18N2O3S/c1-2-14-5-3-4-6-16(14)22-19(23)15(21-20(22)26)11-13-7-8-17-18(12-13)25-10-9-24-17/h3-8,11-12H,2,9-10H2,1H3,(H,21,26)/b15-11+. The highest BCUT2D eigenvalue weighted by Crippen LogP contribution is 2.32. The van der Waals surface area contributed by atoms with E-state index in [1.807, 2.05) is 42.5 Å². The number of ether oxygens (including phenoxy) is 2. The number of benzene rings is 2. The predicted octanol–water partition coefficient (Wildman–Crippen LogP) is 3.28. The Balaban J connectivity index is 1.66. The molecule has 1 saturated heterocycles. The van der Waals surface area contributed by atoms with Crippen molar-refractivity contribution in [3.05, 3.63) is 59.3 Å². The van der Waals surface area contributed by atoms with Crippen molar-refractivity contribution in [2.24, 2.45) is 0 Å². The van der Waals surface area contributed by atoms with E-state index in [4.69, 9.17) is 21.7 Å². The fraction of sp³-hybridized carbons (Fsp3) is 0.200. The van der Waals surface area contributed by atoms with Crippen molar-refractivity contribution < 1.29 is 14.3 Å². The fourth-order valence-electron chi connectivity index (χ4n) is 3.10. The zero-order valence-corrected chi connectivity index (χ0v) is 15.1. The molecule has 0 spiro atoms. The zero-order chi connectivity index (χ0) is 18.1. The third-order valence-corrected chi connectivity index (χ3v) is 4.65. The summed E-state index contributed by atoms with van der Waals surface area (Å²) >= 11 is 5.41. The van der Waals surface area contributed by atoms with E-state index in [1.165, 1.54) is 0 Å². The number of carbonyl (C=O) groups excluding carboxylic acids is 1. The Hall–Kier alpha value is -2.86. The van der Waals surface area contributed by atoms with E-state index < -0.39 is 0 Å². The average molecular weight is 366 g/mol. The Morgan fingerprint density at radius 3 is 2.73 bits per heavy atom. The number of para-hydroxylation sites is 1. The molecule has 1 amide bonds. The van der Waals surface area contributed by atoms with Gasteiger partial charge in [0.1, 0.15) is 18.9 Å². The minimum absolute atomic E-state index is 0.161. The molecule has 0 aromatic heterocycles. The number of rotatable bonds is 3. The van der Waals surface area contributed by atoms with Crippen molar-refractivity contribution in [3.63, 3.8) is 0 Å². The number of hydrogen-bond acceptors (Lipinski definition) is 4. The van der Waals surface area contributed by atoms with E-state index in [0.717, 1.165) is 29.0 Å². The van der Waals surface area contributed by atoms with Gasteiger partial charge in [-0.25, -0.2) is 0 Å². The second-order valence-electron chi connectivity index (χ2n) is 6.01. The highest BCUT2D eigenvalue weighted by Gasteiger charge is 2.33. The number of hydrogen-bond donors (Lipinski definition) is 1. The number of thiocarbonyl (C=S) groups is 1. The number of amides is 1. The monoisotopic (exact) mass is 366 g/mol. The lowest BCUT2D eigenvalue weighted by atomic mass is 10.1. The molecule has 0 aliphatic carbocycles. The maximum Gasteiger partial charge on any atom is 0.281 e. The van der Waals surface area contributed by atoms with Crippen LogP contribution in [0.25, 0.3) is 6.08 Å². The van der Waals surface area contributed by atoms with Gasteiger partial charge in [0, 0.05) is 0 Å². The summed E-state index contributed by atoms with van der Waals surface area (Å²) in [5.41, 5.74) is 3.18. The first-order chi connectivity index (χ1) is 12.7. The van der Waals surface area contributed by atoms with Crippen LogP contribution >= 0.6 is 12.2 Å². The van der Waals surface area contributed by atoms with Crippen LogP contribution in [0.2, 0.25) is 0 Å². The van der Waals surface area contributed by atoms with Crippen molar-refractivity contribution in [3.8, 4) is 11.5 Å². The molecule has 6 heteroatoms. The second kappa shape index (κ2) is 6.80. The van der Waals surface area contributed by atoms with Crippen LogP contribution in [0, 0.1) is 0 Å². The van der Waals surface area contributed by atoms with Gasteiger partial charge >= 0.3 is 0 Å². The van der Waals surface area contributed by atoms with Gasteiger partial charge in [-0.3, -0.25) is 9.69 Å². The van der Waals surface area contributed by atoms with E-state index in [2.05, 4.69) is 12.2 Å². The Bertz CT molecular complexity index is 923. The third-order valence-electron chi connectivity index (χ3n) is 4.37. The van der Waals surface area contributed by atoms with Crippen LogP contribution in [0.3, 0.4) is 0 Å². The number of fused-ring (bicyclic) bond motifs is 1. The number of carbonyl (C=O) groups is 1. The van der Waals surface area contributed by atoms with Crippen molar-refractivity contribution in [1.82, 2.24) is 5.32 Å². The summed E-state index contributed by atoms with van der Waals surface area (Å²) in [6.07, 6.45) is 2.60. The molecule has 4 rings (SSSR count). The van der Waals surface area contributed by atoms with Crippen molar-refractivity contribution in [2.75, 3.05) is 18.1 Å². The lowest BCUT2D eigenvalue weighted by molar-refractivity contribution is -0.113. The van der Waals surface area contributed by atoms with Crippen LogP contribution in [0.5, 0.6) is 11.5 Å². The van der Waals surface area contributed by atoms with Crippen molar-refractivity contribution >= 4 is 35.0 Å². The van der Waals surface area contributed by atoms with E-state index >= 15 is 0 Å². The summed E-state index contributed by atoms with van der Waals surface area (Å²) in [5, 5.41) is 3.42. The summed E-state index contributed by atoms with van der Waals surface area (Å²) < 4.78 is 11.1. The van der Waals surface area contributed by atoms with Gasteiger partial charge < -0.3 is 14.8 Å².